The van der Waals surface area contributed by atoms with E-state index in [0.717, 1.165) is 44.9 Å². The molecular formula is C64H80ClFN6O13. The molecule has 10 atom stereocenters. The number of anilines is 2. The minimum Gasteiger partial charge on any atom is -0.507 e. The predicted molar refractivity (Wildman–Crippen MR) is 322 cm³/mol. The first-order chi connectivity index (χ1) is 40.2. The lowest BCUT2D eigenvalue weighted by Gasteiger charge is -2.42. The van der Waals surface area contributed by atoms with Gasteiger partial charge in [-0.2, -0.15) is 5.10 Å². The fraction of sp³-hybridized carbons (Fsp3) is 0.547. The van der Waals surface area contributed by atoms with Crippen LogP contribution in [0, 0.1) is 49.3 Å². The number of piperidine rings is 1. The summed E-state index contributed by atoms with van der Waals surface area (Å²) in [7, 11) is 3.60. The number of carbonyl (C=O) groups excluding carboxylic acids is 3. The quantitative estimate of drug-likeness (QED) is 0.0396. The molecule has 85 heavy (non-hydrogen) atoms. The Bertz CT molecular complexity index is 3530. The molecule has 1 unspecified atom stereocenters. The number of methoxy groups -OCH3 is 1. The van der Waals surface area contributed by atoms with Crippen LogP contribution in [0.2, 0.25) is 5.02 Å². The highest BCUT2D eigenvalue weighted by Gasteiger charge is 2.56. The van der Waals surface area contributed by atoms with Crippen molar-refractivity contribution >= 4 is 68.5 Å². The first-order valence-electron chi connectivity index (χ1n) is 29.6. The third-order valence-electron chi connectivity index (χ3n) is 19.4. The molecule has 458 valence electrons. The van der Waals surface area contributed by atoms with Gasteiger partial charge in [-0.25, -0.2) is 4.39 Å². The van der Waals surface area contributed by atoms with Crippen LogP contribution in [0.1, 0.15) is 127 Å². The first-order valence-corrected chi connectivity index (χ1v) is 30.0. The van der Waals surface area contributed by atoms with Crippen molar-refractivity contribution in [1.29, 1.82) is 0 Å². The van der Waals surface area contributed by atoms with E-state index in [1.807, 2.05) is 11.2 Å². The number of phenolic OH excluding ortho intramolecular Hbond substituents is 3. The van der Waals surface area contributed by atoms with Crippen LogP contribution < -0.4 is 20.4 Å². The lowest BCUT2D eigenvalue weighted by Crippen LogP contribution is -2.50. The maximum absolute atomic E-state index is 16.2. The highest BCUT2D eigenvalue weighted by Crippen LogP contribution is 2.56. The number of rotatable bonds is 9. The Labute approximate surface area is 499 Å². The van der Waals surface area contributed by atoms with Crippen LogP contribution in [-0.4, -0.2) is 146 Å². The lowest BCUT2D eigenvalue weighted by atomic mass is 9.78. The molecule has 2 saturated heterocycles. The first kappa shape index (κ1) is 61.4. The number of aromatic nitrogens is 1. The van der Waals surface area contributed by atoms with E-state index in [9.17, 15) is 44.7 Å². The van der Waals surface area contributed by atoms with Crippen LogP contribution in [0.5, 0.6) is 23.0 Å². The van der Waals surface area contributed by atoms with Crippen LogP contribution in [0.15, 0.2) is 58.3 Å². The summed E-state index contributed by atoms with van der Waals surface area (Å²) < 4.78 is 42.2. The molecule has 5 bridgehead atoms. The maximum atomic E-state index is 16.2. The molecule has 3 aromatic carbocycles. The van der Waals surface area contributed by atoms with Crippen molar-refractivity contribution in [2.45, 2.75) is 155 Å². The Kier molecular flexibility index (Phi) is 17.0. The number of aliphatic hydroxyl groups excluding tert-OH is 2. The zero-order valence-electron chi connectivity index (χ0n) is 50.2. The monoisotopic (exact) mass is 1190 g/mol. The van der Waals surface area contributed by atoms with Crippen molar-refractivity contribution in [3.05, 3.63) is 91.7 Å². The number of amides is 1. The number of hydrogen-bond donors (Lipinski definition) is 6. The smallest absolute Gasteiger partial charge is 0.312 e. The normalized spacial score (nSPS) is 30.0. The molecule has 2 saturated carbocycles. The number of allylic oxidation sites excluding steroid dienone is 2. The van der Waals surface area contributed by atoms with Crippen molar-refractivity contribution < 1.29 is 63.3 Å². The largest absolute Gasteiger partial charge is 0.507 e. The van der Waals surface area contributed by atoms with E-state index < -0.39 is 94.6 Å². The summed E-state index contributed by atoms with van der Waals surface area (Å²) in [5.74, 6) is -8.97. The molecule has 1 aromatic heterocycles. The number of esters is 1. The number of Topliss-reactive ketones (excluding diaryl/α,β-unsaturated/α-hetero) is 1. The number of halogens is 2. The lowest BCUT2D eigenvalue weighted by molar-refractivity contribution is -0.160. The molecule has 0 spiro atoms. The summed E-state index contributed by atoms with van der Waals surface area (Å²) in [6.07, 6.45) is 12.8. The molecule has 6 heterocycles. The average Bonchev–Trinajstić information content (AvgIpc) is 1.84. The number of fused-ring (bicyclic) bond motifs is 15. The number of benzene rings is 3. The second-order valence-electron chi connectivity index (χ2n) is 24.9. The molecule has 2 aliphatic carbocycles. The van der Waals surface area contributed by atoms with Gasteiger partial charge in [-0.1, -0.05) is 57.5 Å². The van der Waals surface area contributed by atoms with Crippen molar-refractivity contribution in [1.82, 2.24) is 14.5 Å². The Morgan fingerprint density at radius 1 is 0.929 bits per heavy atom. The van der Waals surface area contributed by atoms with Gasteiger partial charge in [0.15, 0.2) is 11.2 Å². The van der Waals surface area contributed by atoms with Gasteiger partial charge in [0.2, 0.25) is 0 Å². The van der Waals surface area contributed by atoms with E-state index in [2.05, 4.69) is 26.7 Å². The molecular weight excluding hydrogens is 1120 g/mol. The van der Waals surface area contributed by atoms with Crippen molar-refractivity contribution in [2.75, 3.05) is 50.6 Å². The Morgan fingerprint density at radius 3 is 2.27 bits per heavy atom. The van der Waals surface area contributed by atoms with Gasteiger partial charge in [0.25, 0.3) is 11.7 Å². The van der Waals surface area contributed by atoms with Gasteiger partial charge in [0, 0.05) is 117 Å². The van der Waals surface area contributed by atoms with Gasteiger partial charge < -0.3 is 59.3 Å². The molecule has 6 N–H and O–H groups in total. The minimum absolute atomic E-state index is 0.0311. The predicted octanol–water partition coefficient (Wildman–Crippen LogP) is 9.29. The zero-order valence-corrected chi connectivity index (χ0v) is 51.0. The van der Waals surface area contributed by atoms with Gasteiger partial charge in [-0.15, -0.1) is 0 Å². The fourth-order valence-corrected chi connectivity index (χ4v) is 14.2. The van der Waals surface area contributed by atoms with Crippen LogP contribution in [0.3, 0.4) is 0 Å². The number of hydrazone groups is 1. The van der Waals surface area contributed by atoms with Crippen molar-refractivity contribution in [3.8, 4) is 23.0 Å². The summed E-state index contributed by atoms with van der Waals surface area (Å²) in [5, 5.41) is 69.3. The Morgan fingerprint density at radius 2 is 1.62 bits per heavy atom. The van der Waals surface area contributed by atoms with E-state index in [0.29, 0.717) is 48.3 Å². The minimum atomic E-state index is -2.10. The average molecular weight is 1200 g/mol. The number of pyridine rings is 1. The van der Waals surface area contributed by atoms with Gasteiger partial charge in [0.05, 0.1) is 74.6 Å². The fourth-order valence-electron chi connectivity index (χ4n) is 13.8. The topological polar surface area (TPSA) is 245 Å². The summed E-state index contributed by atoms with van der Waals surface area (Å²) in [6, 6.07) is 1.77. The summed E-state index contributed by atoms with van der Waals surface area (Å²) in [4.78, 5) is 59.3. The number of phenols is 3. The zero-order chi connectivity index (χ0) is 61.5. The molecule has 1 amide bonds. The molecule has 4 fully saturated rings. The van der Waals surface area contributed by atoms with E-state index in [-0.39, 0.29) is 78.5 Å². The van der Waals surface area contributed by atoms with Crippen molar-refractivity contribution in [2.24, 2.45) is 34.7 Å². The molecule has 21 heteroatoms. The number of aromatic hydroxyl groups is 3. The number of nitrogens with one attached hydrogen (secondary N) is 1. The Hall–Kier alpha value is -6.71. The summed E-state index contributed by atoms with van der Waals surface area (Å²) >= 11 is 7.13. The number of aryl methyl sites for hydroxylation is 1. The molecule has 4 aromatic rings. The van der Waals surface area contributed by atoms with Gasteiger partial charge in [-0.05, 0) is 90.8 Å². The van der Waals surface area contributed by atoms with Crippen LogP contribution in [0.25, 0.3) is 21.7 Å². The molecule has 7 aliphatic rings. The van der Waals surface area contributed by atoms with E-state index in [4.69, 9.17) is 35.6 Å². The summed E-state index contributed by atoms with van der Waals surface area (Å²) in [6.45, 7) is 16.5. The standard InChI is InChI=1S/C64H80ClFN6O13/c1-31-13-12-14-32(2)62(81)68-50-43(28-67-71-24-18-40(19-25-71)69(10)64(21-22-64)39-17-23-70(30-39)52-44(66)27-42-51(49(52)65)72(41-15-16-41)29-33(3)54(42)75)57(78)46-47(58(50)79)56(77)37(7)60-48(46)61(80)63(9,85-60)83-26-20-45(82-11)34(4)59(84-38(8)73)36(6)55(76)35(5)53(31)74/h12-14,20,26-29,31,34-36,39-41,45,53,55,59,74,76-79H,15-19,21-25,30H2,1-11H3,(H,68,81)/b13-12+,26-20+,32-14-,67-28+/t31-,34+,35+,36+,39?,45-,53-,55+,59+,63-/m0/s1. The number of nitrogens with zero attached hydrogens (tertiary/aromatic N) is 5. The van der Waals surface area contributed by atoms with Crippen LogP contribution in [-0.2, 0) is 23.8 Å². The second kappa shape index (κ2) is 23.5. The van der Waals surface area contributed by atoms with Crippen LogP contribution >= 0.6 is 11.6 Å². The summed E-state index contributed by atoms with van der Waals surface area (Å²) in [5.41, 5.74) is 0.703. The number of carbonyl (C=O) groups is 3. The van der Waals surface area contributed by atoms with Gasteiger partial charge in [-0.3, -0.25) is 29.1 Å². The highest BCUT2D eigenvalue weighted by atomic mass is 35.5. The second-order valence-corrected chi connectivity index (χ2v) is 25.3. The maximum Gasteiger partial charge on any atom is 0.312 e. The third kappa shape index (κ3) is 11.0. The molecule has 11 rings (SSSR count). The van der Waals surface area contributed by atoms with Crippen molar-refractivity contribution in [3.63, 3.8) is 0 Å². The van der Waals surface area contributed by atoms with Gasteiger partial charge >= 0.3 is 11.8 Å². The van der Waals surface area contributed by atoms with Gasteiger partial charge in [0.1, 0.15) is 29.2 Å². The van der Waals surface area contributed by atoms with E-state index in [1.54, 1.807) is 46.8 Å². The highest BCUT2D eigenvalue weighted by molar-refractivity contribution is 6.38. The number of hydrogen-bond acceptors (Lipinski definition) is 17. The number of ether oxygens (including phenoxy) is 4. The molecule has 19 nitrogen and oxygen atoms in total. The van der Waals surface area contributed by atoms with E-state index >= 15 is 4.39 Å². The number of ketones is 1. The molecule has 5 aliphatic heterocycles. The SMILES string of the molecule is CO[C@H]1/C=C/O[C@@]2(C)Oc3c(C)c(O)c4c(O)c(c(/C=N/N5CCC(N(C)C6(C7CCN(c8c(F)cc9c(=O)c(C)cn(C%10CC%10)c9c8Cl)C7)CC6)CC5)c(O)c4c3C2=O)NC(=O)/C(C)=C\C=C\[C@H](C)[C@H](O)[C@@H](C)[C@@H](O)[C@@H](C)[C@H](OC(C)=O)[C@@H]1C. The van der Waals surface area contributed by atoms with E-state index in [1.165, 1.54) is 65.5 Å². The Balaban J connectivity index is 0.935. The third-order valence-corrected chi connectivity index (χ3v) is 19.8. The van der Waals surface area contributed by atoms with Crippen LogP contribution in [0.4, 0.5) is 15.8 Å². The number of aliphatic hydroxyl groups is 2. The molecule has 0 radical (unpaired) electrons.